The van der Waals surface area contributed by atoms with Gasteiger partial charge in [-0.05, 0) is 34.3 Å². The molecule has 0 bridgehead atoms. The summed E-state index contributed by atoms with van der Waals surface area (Å²) in [7, 11) is 0. The molecular formula is C12H14BrN3OS. The van der Waals surface area contributed by atoms with Crippen LogP contribution >= 0.6 is 27.3 Å². The molecule has 18 heavy (non-hydrogen) atoms. The molecule has 0 N–H and O–H groups in total. The molecule has 6 heteroatoms. The molecule has 0 aliphatic carbocycles. The zero-order valence-corrected chi connectivity index (χ0v) is 12.5. The Labute approximate surface area is 119 Å². The lowest BCUT2D eigenvalue weighted by Gasteiger charge is -2.35. The molecule has 2 rings (SSSR count). The summed E-state index contributed by atoms with van der Waals surface area (Å²) >= 11 is 4.85. The molecule has 1 unspecified atom stereocenters. The summed E-state index contributed by atoms with van der Waals surface area (Å²) in [4.78, 5) is 17.0. The van der Waals surface area contributed by atoms with Gasteiger partial charge in [0.2, 0.25) is 0 Å². The van der Waals surface area contributed by atoms with Crippen LogP contribution in [-0.4, -0.2) is 47.9 Å². The Kier molecular flexibility index (Phi) is 4.38. The molecule has 1 saturated heterocycles. The molecule has 1 aromatic heterocycles. The Bertz CT molecular complexity index is 474. The fourth-order valence-electron chi connectivity index (χ4n) is 1.98. The van der Waals surface area contributed by atoms with Crippen LogP contribution in [-0.2, 0) is 0 Å². The topological polar surface area (TPSA) is 47.3 Å². The van der Waals surface area contributed by atoms with E-state index in [1.807, 2.05) is 23.3 Å². The second kappa shape index (κ2) is 5.83. The van der Waals surface area contributed by atoms with Crippen LogP contribution in [0.15, 0.2) is 15.9 Å². The van der Waals surface area contributed by atoms with Gasteiger partial charge in [-0.1, -0.05) is 0 Å². The highest BCUT2D eigenvalue weighted by atomic mass is 79.9. The fraction of sp³-hybridized carbons (Fsp3) is 0.500. The van der Waals surface area contributed by atoms with Crippen molar-refractivity contribution < 1.29 is 4.79 Å². The predicted octanol–water partition coefficient (Wildman–Crippen LogP) is 2.18. The van der Waals surface area contributed by atoms with Crippen LogP contribution in [0.3, 0.4) is 0 Å². The minimum absolute atomic E-state index is 0.0734. The van der Waals surface area contributed by atoms with Crippen LogP contribution in [0.5, 0.6) is 0 Å². The van der Waals surface area contributed by atoms with Crippen molar-refractivity contribution >= 4 is 33.2 Å². The monoisotopic (exact) mass is 327 g/mol. The minimum atomic E-state index is -0.0734. The molecule has 1 aromatic rings. The van der Waals surface area contributed by atoms with Crippen molar-refractivity contribution in [2.24, 2.45) is 0 Å². The van der Waals surface area contributed by atoms with E-state index >= 15 is 0 Å². The van der Waals surface area contributed by atoms with Crippen molar-refractivity contribution in [2.45, 2.75) is 13.0 Å². The summed E-state index contributed by atoms with van der Waals surface area (Å²) in [5.74, 6) is 0.0844. The predicted molar refractivity (Wildman–Crippen MR) is 74.6 cm³/mol. The summed E-state index contributed by atoms with van der Waals surface area (Å²) in [6, 6.07) is 4.05. The molecule has 2 heterocycles. The van der Waals surface area contributed by atoms with Crippen LogP contribution in [0.1, 0.15) is 16.6 Å². The van der Waals surface area contributed by atoms with E-state index in [0.717, 1.165) is 22.4 Å². The Balaban J connectivity index is 1.97. The Morgan fingerprint density at radius 2 is 2.17 bits per heavy atom. The van der Waals surface area contributed by atoms with Gasteiger partial charge in [-0.3, -0.25) is 9.69 Å². The highest BCUT2D eigenvalue weighted by molar-refractivity contribution is 9.10. The number of nitriles is 1. The summed E-state index contributed by atoms with van der Waals surface area (Å²) in [5.41, 5.74) is 0. The number of hydrogen-bond acceptors (Lipinski definition) is 4. The third kappa shape index (κ3) is 2.74. The number of amides is 1. The maximum absolute atomic E-state index is 12.3. The van der Waals surface area contributed by atoms with Crippen molar-refractivity contribution in [3.8, 4) is 6.07 Å². The molecule has 0 radical (unpaired) electrons. The molecule has 1 fully saturated rings. The Morgan fingerprint density at radius 3 is 2.67 bits per heavy atom. The summed E-state index contributed by atoms with van der Waals surface area (Å²) in [6.07, 6.45) is 0. The van der Waals surface area contributed by atoms with Crippen LogP contribution in [0.4, 0.5) is 0 Å². The van der Waals surface area contributed by atoms with Gasteiger partial charge in [-0.25, -0.2) is 0 Å². The molecule has 1 atom stereocenters. The number of rotatable bonds is 2. The molecule has 0 aromatic carbocycles. The maximum atomic E-state index is 12.3. The van der Waals surface area contributed by atoms with E-state index in [4.69, 9.17) is 5.26 Å². The number of hydrogen-bond donors (Lipinski definition) is 0. The van der Waals surface area contributed by atoms with Gasteiger partial charge in [0.05, 0.1) is 12.1 Å². The quantitative estimate of drug-likeness (QED) is 0.836. The highest BCUT2D eigenvalue weighted by Gasteiger charge is 2.26. The first-order valence-corrected chi connectivity index (χ1v) is 7.46. The van der Waals surface area contributed by atoms with Crippen molar-refractivity contribution in [1.82, 2.24) is 9.80 Å². The van der Waals surface area contributed by atoms with Crippen LogP contribution in [0, 0.1) is 11.3 Å². The number of nitrogens with zero attached hydrogens (tertiary/aromatic N) is 3. The molecular weight excluding hydrogens is 314 g/mol. The first-order valence-electron chi connectivity index (χ1n) is 5.79. The molecule has 4 nitrogen and oxygen atoms in total. The average Bonchev–Trinajstić information content (AvgIpc) is 2.83. The number of carbonyl (C=O) groups excluding carboxylic acids is 1. The Hall–Kier alpha value is -0.900. The Morgan fingerprint density at radius 1 is 1.50 bits per heavy atom. The van der Waals surface area contributed by atoms with E-state index in [2.05, 4.69) is 26.9 Å². The van der Waals surface area contributed by atoms with E-state index in [0.29, 0.717) is 13.1 Å². The molecule has 1 aliphatic rings. The largest absolute Gasteiger partial charge is 0.335 e. The summed E-state index contributed by atoms with van der Waals surface area (Å²) in [5, 5.41) is 10.8. The van der Waals surface area contributed by atoms with E-state index in [1.54, 1.807) is 0 Å². The lowest BCUT2D eigenvalue weighted by atomic mass is 10.2. The van der Waals surface area contributed by atoms with Gasteiger partial charge in [0.25, 0.3) is 5.91 Å². The fourth-order valence-corrected chi connectivity index (χ4v) is 3.49. The first kappa shape index (κ1) is 13.5. The van der Waals surface area contributed by atoms with Gasteiger partial charge in [-0.2, -0.15) is 5.26 Å². The standard InChI is InChI=1S/C12H14BrN3OS/c1-9(8-14)15-3-5-16(6-4-15)12(17)11-10(13)2-7-18-11/h2,7,9H,3-6H2,1H3. The zero-order chi connectivity index (χ0) is 13.1. The zero-order valence-electron chi connectivity index (χ0n) is 10.1. The van der Waals surface area contributed by atoms with E-state index in [1.165, 1.54) is 11.3 Å². The summed E-state index contributed by atoms with van der Waals surface area (Å²) < 4.78 is 0.866. The molecule has 1 amide bonds. The number of halogens is 1. The molecule has 1 aliphatic heterocycles. The van der Waals surface area contributed by atoms with Crippen molar-refractivity contribution in [3.05, 3.63) is 20.8 Å². The highest BCUT2D eigenvalue weighted by Crippen LogP contribution is 2.24. The van der Waals surface area contributed by atoms with E-state index in [-0.39, 0.29) is 11.9 Å². The lowest BCUT2D eigenvalue weighted by Crippen LogP contribution is -2.51. The lowest BCUT2D eigenvalue weighted by molar-refractivity contribution is 0.0619. The molecule has 0 spiro atoms. The van der Waals surface area contributed by atoms with Crippen molar-refractivity contribution in [3.63, 3.8) is 0 Å². The van der Waals surface area contributed by atoms with Gasteiger partial charge in [0.1, 0.15) is 4.88 Å². The van der Waals surface area contributed by atoms with Gasteiger partial charge < -0.3 is 4.90 Å². The second-order valence-electron chi connectivity index (χ2n) is 4.23. The molecule has 96 valence electrons. The van der Waals surface area contributed by atoms with Gasteiger partial charge in [0, 0.05) is 30.7 Å². The second-order valence-corrected chi connectivity index (χ2v) is 6.00. The van der Waals surface area contributed by atoms with Crippen LogP contribution < -0.4 is 0 Å². The third-order valence-electron chi connectivity index (χ3n) is 3.15. The number of piperazine rings is 1. The first-order chi connectivity index (χ1) is 8.63. The SMILES string of the molecule is CC(C#N)N1CCN(C(=O)c2sccc2Br)CC1. The van der Waals surface area contributed by atoms with Gasteiger partial charge in [-0.15, -0.1) is 11.3 Å². The smallest absolute Gasteiger partial charge is 0.265 e. The average molecular weight is 328 g/mol. The summed E-state index contributed by atoms with van der Waals surface area (Å²) in [6.45, 7) is 4.81. The van der Waals surface area contributed by atoms with E-state index < -0.39 is 0 Å². The van der Waals surface area contributed by atoms with Gasteiger partial charge >= 0.3 is 0 Å². The van der Waals surface area contributed by atoms with Gasteiger partial charge in [0.15, 0.2) is 0 Å². The number of thiophene rings is 1. The van der Waals surface area contributed by atoms with Crippen molar-refractivity contribution in [2.75, 3.05) is 26.2 Å². The van der Waals surface area contributed by atoms with Crippen LogP contribution in [0.25, 0.3) is 0 Å². The minimum Gasteiger partial charge on any atom is -0.335 e. The normalized spacial score (nSPS) is 18.4. The third-order valence-corrected chi connectivity index (χ3v) is 4.97. The van der Waals surface area contributed by atoms with Crippen LogP contribution in [0.2, 0.25) is 0 Å². The van der Waals surface area contributed by atoms with Crippen molar-refractivity contribution in [1.29, 1.82) is 5.26 Å². The maximum Gasteiger partial charge on any atom is 0.265 e. The number of carbonyl (C=O) groups is 1. The van der Waals surface area contributed by atoms with E-state index in [9.17, 15) is 4.79 Å². The molecule has 0 saturated carbocycles.